The maximum absolute atomic E-state index is 6.20. The van der Waals surface area contributed by atoms with Crippen LogP contribution in [0.25, 0.3) is 11.1 Å². The molecule has 150 valence electrons. The van der Waals surface area contributed by atoms with Crippen molar-refractivity contribution in [3.05, 3.63) is 76.8 Å². The van der Waals surface area contributed by atoms with E-state index in [4.69, 9.17) is 25.8 Å². The van der Waals surface area contributed by atoms with Crippen molar-refractivity contribution >= 4 is 11.6 Å². The monoisotopic (exact) mass is 409 g/mol. The molecule has 1 aliphatic heterocycles. The second kappa shape index (κ2) is 8.76. The Morgan fingerprint density at radius 3 is 2.62 bits per heavy atom. The number of halogens is 1. The molecule has 1 heterocycles. The third kappa shape index (κ3) is 4.50. The highest BCUT2D eigenvalue weighted by atomic mass is 35.5. The minimum atomic E-state index is 0.615. The first-order chi connectivity index (χ1) is 14.2. The van der Waals surface area contributed by atoms with Crippen molar-refractivity contribution in [3.8, 4) is 28.4 Å². The van der Waals surface area contributed by atoms with Gasteiger partial charge in [0.25, 0.3) is 0 Å². The number of methoxy groups -OCH3 is 2. The van der Waals surface area contributed by atoms with E-state index < -0.39 is 0 Å². The lowest BCUT2D eigenvalue weighted by atomic mass is 10.0. The van der Waals surface area contributed by atoms with Gasteiger partial charge in [-0.05, 0) is 53.1 Å². The number of hydrogen-bond acceptors (Lipinski definition) is 4. The Bertz CT molecular complexity index is 1010. The fraction of sp³-hybridized carbons (Fsp3) is 0.250. The van der Waals surface area contributed by atoms with E-state index in [2.05, 4.69) is 29.2 Å². The Labute approximate surface area is 176 Å². The first-order valence-corrected chi connectivity index (χ1v) is 9.99. The van der Waals surface area contributed by atoms with Crippen LogP contribution in [0.2, 0.25) is 5.02 Å². The molecular formula is C24H24ClNO3. The predicted octanol–water partition coefficient (Wildman–Crippen LogP) is 5.42. The molecule has 0 bridgehead atoms. The van der Waals surface area contributed by atoms with Gasteiger partial charge in [-0.25, -0.2) is 0 Å². The van der Waals surface area contributed by atoms with Crippen molar-refractivity contribution in [1.82, 2.24) is 4.90 Å². The van der Waals surface area contributed by atoms with Crippen molar-refractivity contribution in [2.45, 2.75) is 13.1 Å². The highest BCUT2D eigenvalue weighted by Gasteiger charge is 2.21. The third-order valence-corrected chi connectivity index (χ3v) is 5.33. The molecule has 3 aromatic carbocycles. The Morgan fingerprint density at radius 2 is 1.83 bits per heavy atom. The molecule has 0 saturated carbocycles. The molecule has 0 aliphatic carbocycles. The molecule has 4 rings (SSSR count). The van der Waals surface area contributed by atoms with E-state index in [9.17, 15) is 0 Å². The third-order valence-electron chi connectivity index (χ3n) is 5.10. The number of ether oxygens (including phenoxy) is 3. The van der Waals surface area contributed by atoms with Crippen molar-refractivity contribution in [2.24, 2.45) is 0 Å². The van der Waals surface area contributed by atoms with Gasteiger partial charge in [-0.1, -0.05) is 35.9 Å². The molecule has 5 heteroatoms. The van der Waals surface area contributed by atoms with E-state index in [0.717, 1.165) is 53.6 Å². The van der Waals surface area contributed by atoms with Crippen LogP contribution in [-0.2, 0) is 13.1 Å². The number of hydrogen-bond donors (Lipinski definition) is 0. The fourth-order valence-electron chi connectivity index (χ4n) is 3.69. The fourth-order valence-corrected chi connectivity index (χ4v) is 3.88. The summed E-state index contributed by atoms with van der Waals surface area (Å²) in [4.78, 5) is 2.38. The van der Waals surface area contributed by atoms with Crippen LogP contribution < -0.4 is 14.2 Å². The molecule has 0 N–H and O–H groups in total. The summed E-state index contributed by atoms with van der Waals surface area (Å²) in [7, 11) is 3.37. The Hall–Kier alpha value is -2.69. The van der Waals surface area contributed by atoms with Gasteiger partial charge in [-0.3, -0.25) is 4.90 Å². The molecule has 1 aliphatic rings. The first-order valence-electron chi connectivity index (χ1n) is 9.61. The zero-order valence-corrected chi connectivity index (χ0v) is 17.4. The van der Waals surface area contributed by atoms with E-state index in [1.54, 1.807) is 14.2 Å². The molecule has 4 nitrogen and oxygen atoms in total. The molecule has 29 heavy (non-hydrogen) atoms. The summed E-state index contributed by atoms with van der Waals surface area (Å²) in [6.07, 6.45) is 0. The molecule has 0 spiro atoms. The number of nitrogens with zero attached hydrogens (tertiary/aromatic N) is 1. The van der Waals surface area contributed by atoms with Crippen LogP contribution in [0.5, 0.6) is 17.2 Å². The van der Waals surface area contributed by atoms with Gasteiger partial charge in [0.05, 0.1) is 14.2 Å². The molecule has 0 fully saturated rings. The molecule has 0 aromatic heterocycles. The van der Waals surface area contributed by atoms with E-state index >= 15 is 0 Å². The molecular weight excluding hydrogens is 386 g/mol. The zero-order valence-electron chi connectivity index (χ0n) is 16.7. The van der Waals surface area contributed by atoms with Crippen molar-refractivity contribution in [1.29, 1.82) is 0 Å². The maximum atomic E-state index is 6.20. The average molecular weight is 410 g/mol. The number of rotatable bonds is 5. The first kappa shape index (κ1) is 19.6. The Morgan fingerprint density at radius 1 is 0.966 bits per heavy atom. The SMILES string of the molecule is COc1cccc(CN2CCOc3c(cc(-c4cccc(Cl)c4)cc3OC)C2)c1. The van der Waals surface area contributed by atoms with Crippen LogP contribution in [0, 0.1) is 0 Å². The van der Waals surface area contributed by atoms with Gasteiger partial charge in [0.1, 0.15) is 12.4 Å². The van der Waals surface area contributed by atoms with E-state index in [1.807, 2.05) is 36.4 Å². The van der Waals surface area contributed by atoms with Gasteiger partial charge in [0, 0.05) is 30.2 Å². The molecule has 0 atom stereocenters. The van der Waals surface area contributed by atoms with Crippen molar-refractivity contribution in [2.75, 3.05) is 27.4 Å². The highest BCUT2D eigenvalue weighted by molar-refractivity contribution is 6.30. The van der Waals surface area contributed by atoms with Crippen LogP contribution in [0.15, 0.2) is 60.7 Å². The van der Waals surface area contributed by atoms with Gasteiger partial charge >= 0.3 is 0 Å². The van der Waals surface area contributed by atoms with Crippen molar-refractivity contribution < 1.29 is 14.2 Å². The molecule has 0 saturated heterocycles. The van der Waals surface area contributed by atoms with Gasteiger partial charge in [-0.15, -0.1) is 0 Å². The maximum Gasteiger partial charge on any atom is 0.165 e. The Balaban J connectivity index is 1.65. The van der Waals surface area contributed by atoms with Crippen molar-refractivity contribution in [3.63, 3.8) is 0 Å². The van der Waals surface area contributed by atoms with Gasteiger partial charge in [0.15, 0.2) is 11.5 Å². The summed E-state index contributed by atoms with van der Waals surface area (Å²) in [5.74, 6) is 2.45. The standard InChI is InChI=1S/C24H24ClNO3/c1-27-22-8-3-5-17(11-22)15-26-9-10-29-24-20(16-26)12-19(14-23(24)28-2)18-6-4-7-21(25)13-18/h3-8,11-14H,9-10,15-16H2,1-2H3. The Kier molecular flexibility index (Phi) is 5.93. The number of fused-ring (bicyclic) bond motifs is 1. The lowest BCUT2D eigenvalue weighted by Crippen LogP contribution is -2.25. The lowest BCUT2D eigenvalue weighted by molar-refractivity contribution is 0.216. The quantitative estimate of drug-likeness (QED) is 0.563. The second-order valence-corrected chi connectivity index (χ2v) is 7.52. The van der Waals surface area contributed by atoms with E-state index in [1.165, 1.54) is 5.56 Å². The summed E-state index contributed by atoms with van der Waals surface area (Å²) in [6, 6.07) is 20.2. The normalized spacial score (nSPS) is 13.9. The minimum absolute atomic E-state index is 0.615. The predicted molar refractivity (Wildman–Crippen MR) is 116 cm³/mol. The zero-order chi connectivity index (χ0) is 20.2. The molecule has 3 aromatic rings. The summed E-state index contributed by atoms with van der Waals surface area (Å²) >= 11 is 6.20. The van der Waals surface area contributed by atoms with E-state index in [0.29, 0.717) is 11.6 Å². The number of benzene rings is 3. The van der Waals surface area contributed by atoms with Crippen LogP contribution in [0.4, 0.5) is 0 Å². The summed E-state index contributed by atoms with van der Waals surface area (Å²) in [5, 5.41) is 0.715. The topological polar surface area (TPSA) is 30.9 Å². The smallest absolute Gasteiger partial charge is 0.165 e. The van der Waals surface area contributed by atoms with Gasteiger partial charge in [0.2, 0.25) is 0 Å². The second-order valence-electron chi connectivity index (χ2n) is 7.09. The highest BCUT2D eigenvalue weighted by Crippen LogP contribution is 2.39. The molecule has 0 unspecified atom stereocenters. The molecule has 0 amide bonds. The van der Waals surface area contributed by atoms with Crippen LogP contribution in [-0.4, -0.2) is 32.3 Å². The lowest BCUT2D eigenvalue weighted by Gasteiger charge is -2.20. The van der Waals surface area contributed by atoms with Crippen LogP contribution in [0.3, 0.4) is 0 Å². The molecule has 0 radical (unpaired) electrons. The van der Waals surface area contributed by atoms with Crippen LogP contribution in [0.1, 0.15) is 11.1 Å². The summed E-state index contributed by atoms with van der Waals surface area (Å²) in [6.45, 7) is 3.05. The van der Waals surface area contributed by atoms with E-state index in [-0.39, 0.29) is 0 Å². The average Bonchev–Trinajstić information content (AvgIpc) is 2.94. The minimum Gasteiger partial charge on any atom is -0.497 e. The summed E-state index contributed by atoms with van der Waals surface area (Å²) in [5.41, 5.74) is 4.45. The van der Waals surface area contributed by atoms with Gasteiger partial charge in [-0.2, -0.15) is 0 Å². The van der Waals surface area contributed by atoms with Crippen LogP contribution >= 0.6 is 11.6 Å². The van der Waals surface area contributed by atoms with Gasteiger partial charge < -0.3 is 14.2 Å². The largest absolute Gasteiger partial charge is 0.497 e. The summed E-state index contributed by atoms with van der Waals surface area (Å²) < 4.78 is 17.1.